The van der Waals surface area contributed by atoms with Gasteiger partial charge in [0.15, 0.2) is 0 Å². The molecular weight excluding hydrogens is 402 g/mol. The van der Waals surface area contributed by atoms with Crippen LogP contribution >= 0.6 is 0 Å². The second kappa shape index (κ2) is 9.03. The van der Waals surface area contributed by atoms with Crippen molar-refractivity contribution < 1.29 is 9.47 Å². The Kier molecular flexibility index (Phi) is 6.00. The van der Waals surface area contributed by atoms with E-state index in [-0.39, 0.29) is 17.0 Å². The molecule has 0 aliphatic carbocycles. The Bertz CT molecular complexity index is 1270. The summed E-state index contributed by atoms with van der Waals surface area (Å²) in [5.41, 5.74) is 9.18. The van der Waals surface area contributed by atoms with E-state index < -0.39 is 5.92 Å². The van der Waals surface area contributed by atoms with Gasteiger partial charge in [-0.05, 0) is 31.9 Å². The number of nitrogens with two attached hydrogens (primary N) is 1. The number of ether oxygens (including phenoxy) is 2. The average Bonchev–Trinajstić information content (AvgIpc) is 2.79. The van der Waals surface area contributed by atoms with Crippen molar-refractivity contribution in [2.45, 2.75) is 32.7 Å². The van der Waals surface area contributed by atoms with Gasteiger partial charge in [0.1, 0.15) is 23.1 Å². The average molecular weight is 428 g/mol. The topological polar surface area (TPSA) is 90.3 Å². The van der Waals surface area contributed by atoms with Crippen molar-refractivity contribution in [3.05, 3.63) is 105 Å². The van der Waals surface area contributed by atoms with Crippen molar-refractivity contribution in [1.82, 2.24) is 4.57 Å². The van der Waals surface area contributed by atoms with E-state index in [1.807, 2.05) is 74.5 Å². The van der Waals surface area contributed by atoms with Gasteiger partial charge in [0.25, 0.3) is 5.56 Å². The van der Waals surface area contributed by atoms with Gasteiger partial charge in [0.2, 0.25) is 5.88 Å². The van der Waals surface area contributed by atoms with Gasteiger partial charge in [-0.25, -0.2) is 0 Å². The smallest absolute Gasteiger partial charge is 0.258 e. The molecule has 0 bridgehead atoms. The minimum absolute atomic E-state index is 0.0112. The molecule has 4 rings (SSSR count). The van der Waals surface area contributed by atoms with Crippen LogP contribution in [0.4, 0.5) is 0 Å². The summed E-state index contributed by atoms with van der Waals surface area (Å²) in [6, 6.07) is 21.4. The normalized spacial score (nSPS) is 15.0. The number of pyridine rings is 1. The van der Waals surface area contributed by atoms with Crippen molar-refractivity contribution >= 4 is 0 Å². The van der Waals surface area contributed by atoms with E-state index in [0.29, 0.717) is 42.2 Å². The molecule has 1 aliphatic heterocycles. The second-order valence-electron chi connectivity index (χ2n) is 7.65. The zero-order chi connectivity index (χ0) is 22.7. The lowest BCUT2D eigenvalue weighted by Crippen LogP contribution is -2.33. The second-order valence-corrected chi connectivity index (χ2v) is 7.65. The number of rotatable bonds is 6. The molecule has 0 amide bonds. The van der Waals surface area contributed by atoms with E-state index in [1.165, 1.54) is 0 Å². The number of allylic oxidation sites excluding steroid dienone is 1. The first-order valence-corrected chi connectivity index (χ1v) is 10.6. The molecule has 1 unspecified atom stereocenters. The number of aryl methyl sites for hydroxylation is 2. The van der Waals surface area contributed by atoms with Crippen LogP contribution in [0.5, 0.6) is 11.5 Å². The van der Waals surface area contributed by atoms with Gasteiger partial charge in [-0.2, -0.15) is 5.26 Å². The summed E-state index contributed by atoms with van der Waals surface area (Å²) in [7, 11) is 0. The summed E-state index contributed by atoms with van der Waals surface area (Å²) in [5.74, 6) is 0.347. The molecule has 1 aliphatic rings. The highest BCUT2D eigenvalue weighted by Crippen LogP contribution is 2.43. The van der Waals surface area contributed by atoms with E-state index in [1.54, 1.807) is 4.57 Å². The summed E-state index contributed by atoms with van der Waals surface area (Å²) < 4.78 is 13.3. The number of nitriles is 1. The van der Waals surface area contributed by atoms with Gasteiger partial charge < -0.3 is 19.8 Å². The number of nitrogens with zero attached hydrogens (tertiary/aromatic N) is 2. The van der Waals surface area contributed by atoms with E-state index in [0.717, 1.165) is 11.3 Å². The number of fused-ring (bicyclic) bond motifs is 1. The van der Waals surface area contributed by atoms with Gasteiger partial charge in [0.05, 0.1) is 18.1 Å². The molecule has 1 aromatic heterocycles. The molecule has 1 atom stereocenters. The third-order valence-electron chi connectivity index (χ3n) is 5.69. The van der Waals surface area contributed by atoms with Gasteiger partial charge in [-0.15, -0.1) is 0 Å². The standard InChI is InChI=1S/C26H25N3O3/c1-3-31-21-12-8-7-11-19(21)23-20(16-27)25(28)32-22-15-17(2)29(26(30)24(22)23)14-13-18-9-5-4-6-10-18/h4-12,15,23H,3,13-14,28H2,1-2H3. The lowest BCUT2D eigenvalue weighted by Gasteiger charge is -2.28. The highest BCUT2D eigenvalue weighted by Gasteiger charge is 2.35. The zero-order valence-electron chi connectivity index (χ0n) is 18.2. The molecule has 0 radical (unpaired) electrons. The fraction of sp³-hybridized carbons (Fsp3) is 0.231. The van der Waals surface area contributed by atoms with Gasteiger partial charge in [-0.3, -0.25) is 4.79 Å². The first-order chi connectivity index (χ1) is 15.5. The molecule has 3 aromatic rings. The van der Waals surface area contributed by atoms with Crippen LogP contribution < -0.4 is 20.8 Å². The highest BCUT2D eigenvalue weighted by molar-refractivity contribution is 5.58. The van der Waals surface area contributed by atoms with Gasteiger partial charge in [0, 0.05) is 23.9 Å². The Balaban J connectivity index is 1.86. The Morgan fingerprint density at radius 2 is 1.88 bits per heavy atom. The number of benzene rings is 2. The summed E-state index contributed by atoms with van der Waals surface area (Å²) in [6.45, 7) is 4.75. The highest BCUT2D eigenvalue weighted by atomic mass is 16.5. The van der Waals surface area contributed by atoms with Crippen LogP contribution in [-0.4, -0.2) is 11.2 Å². The molecule has 0 spiro atoms. The fourth-order valence-electron chi connectivity index (χ4n) is 4.17. The zero-order valence-corrected chi connectivity index (χ0v) is 18.2. The molecule has 32 heavy (non-hydrogen) atoms. The number of aromatic nitrogens is 1. The summed E-state index contributed by atoms with van der Waals surface area (Å²) in [5, 5.41) is 9.89. The predicted octanol–water partition coefficient (Wildman–Crippen LogP) is 4.02. The molecule has 0 fully saturated rings. The van der Waals surface area contributed by atoms with E-state index in [2.05, 4.69) is 6.07 Å². The lowest BCUT2D eigenvalue weighted by molar-refractivity contribution is 0.334. The van der Waals surface area contributed by atoms with Crippen molar-refractivity contribution in [1.29, 1.82) is 5.26 Å². The van der Waals surface area contributed by atoms with Crippen LogP contribution in [0.2, 0.25) is 0 Å². The van der Waals surface area contributed by atoms with Gasteiger partial charge >= 0.3 is 0 Å². The summed E-state index contributed by atoms with van der Waals surface area (Å²) in [6.07, 6.45) is 0.713. The predicted molar refractivity (Wildman–Crippen MR) is 122 cm³/mol. The molecule has 2 aromatic carbocycles. The Morgan fingerprint density at radius 1 is 1.16 bits per heavy atom. The maximum atomic E-state index is 13.7. The minimum atomic E-state index is -0.664. The SMILES string of the molecule is CCOc1ccccc1C1C(C#N)=C(N)Oc2cc(C)n(CCc3ccccc3)c(=O)c21. The van der Waals surface area contributed by atoms with Crippen LogP contribution in [0.3, 0.4) is 0 Å². The third-order valence-corrected chi connectivity index (χ3v) is 5.69. The largest absolute Gasteiger partial charge is 0.494 e. The van der Waals surface area contributed by atoms with Crippen molar-refractivity contribution in [3.63, 3.8) is 0 Å². The quantitative estimate of drug-likeness (QED) is 0.642. The molecule has 162 valence electrons. The van der Waals surface area contributed by atoms with E-state index in [9.17, 15) is 10.1 Å². The Morgan fingerprint density at radius 3 is 2.59 bits per heavy atom. The Labute approximate surface area is 187 Å². The van der Waals surface area contributed by atoms with Crippen LogP contribution in [0, 0.1) is 18.3 Å². The van der Waals surface area contributed by atoms with Crippen molar-refractivity contribution in [2.24, 2.45) is 5.73 Å². The maximum absolute atomic E-state index is 13.7. The monoisotopic (exact) mass is 427 g/mol. The van der Waals surface area contributed by atoms with E-state index >= 15 is 0 Å². The maximum Gasteiger partial charge on any atom is 0.258 e. The number of hydrogen-bond donors (Lipinski definition) is 1. The molecule has 0 saturated carbocycles. The van der Waals surface area contributed by atoms with Crippen molar-refractivity contribution in [3.8, 4) is 17.6 Å². The molecule has 6 heteroatoms. The molecule has 0 saturated heterocycles. The molecule has 2 N–H and O–H groups in total. The first kappa shape index (κ1) is 21.3. The molecule has 2 heterocycles. The van der Waals surface area contributed by atoms with Crippen LogP contribution in [0.1, 0.15) is 35.2 Å². The first-order valence-electron chi connectivity index (χ1n) is 10.6. The number of para-hydroxylation sites is 1. The van der Waals surface area contributed by atoms with Crippen LogP contribution in [0.15, 0.2) is 76.9 Å². The van der Waals surface area contributed by atoms with Crippen LogP contribution in [0.25, 0.3) is 0 Å². The molecule has 6 nitrogen and oxygen atoms in total. The minimum Gasteiger partial charge on any atom is -0.494 e. The third kappa shape index (κ3) is 3.85. The van der Waals surface area contributed by atoms with Crippen LogP contribution in [-0.2, 0) is 13.0 Å². The summed E-state index contributed by atoms with van der Waals surface area (Å²) in [4.78, 5) is 13.7. The Hall–Kier alpha value is -3.98. The van der Waals surface area contributed by atoms with Crippen molar-refractivity contribution in [2.75, 3.05) is 6.61 Å². The summed E-state index contributed by atoms with van der Waals surface area (Å²) >= 11 is 0. The lowest BCUT2D eigenvalue weighted by atomic mass is 9.83. The molecular formula is C26H25N3O3. The fourth-order valence-corrected chi connectivity index (χ4v) is 4.17. The van der Waals surface area contributed by atoms with E-state index in [4.69, 9.17) is 15.2 Å². The number of hydrogen-bond acceptors (Lipinski definition) is 5. The van der Waals surface area contributed by atoms with Gasteiger partial charge in [-0.1, -0.05) is 48.5 Å².